The van der Waals surface area contributed by atoms with Gasteiger partial charge in [-0.3, -0.25) is 4.98 Å². The molecule has 0 bridgehead atoms. The lowest BCUT2D eigenvalue weighted by molar-refractivity contribution is 0.467. The van der Waals surface area contributed by atoms with E-state index < -0.39 is 0 Å². The molecule has 0 unspecified atom stereocenters. The van der Waals surface area contributed by atoms with Crippen LogP contribution in [0.25, 0.3) is 33.1 Å². The Labute approximate surface area is 151 Å². The van der Waals surface area contributed by atoms with Gasteiger partial charge in [-0.25, -0.2) is 4.98 Å². The second-order valence-corrected chi connectivity index (χ2v) is 7.89. The first-order chi connectivity index (χ1) is 12.4. The fourth-order valence-corrected chi connectivity index (χ4v) is 3.77. The molecular weight excluding hydrogens is 322 g/mol. The molecule has 0 radical (unpaired) electrons. The Kier molecular flexibility index (Phi) is 2.94. The van der Waals surface area contributed by atoms with Gasteiger partial charge in [0.1, 0.15) is 5.75 Å². The molecule has 5 rings (SSSR count). The van der Waals surface area contributed by atoms with Crippen molar-refractivity contribution in [2.75, 3.05) is 0 Å². The van der Waals surface area contributed by atoms with Gasteiger partial charge in [0.25, 0.3) is 0 Å². The molecular formula is C22H19N3O. The highest BCUT2D eigenvalue weighted by molar-refractivity contribution is 6.06. The van der Waals surface area contributed by atoms with Crippen LogP contribution in [-0.2, 0) is 5.41 Å². The maximum Gasteiger partial charge on any atom is 0.230 e. The third kappa shape index (κ3) is 2.05. The van der Waals surface area contributed by atoms with Gasteiger partial charge in [0.05, 0.1) is 16.6 Å². The first-order valence-electron chi connectivity index (χ1n) is 8.80. The Morgan fingerprint density at radius 2 is 1.85 bits per heavy atom. The monoisotopic (exact) mass is 341 g/mol. The van der Waals surface area contributed by atoms with Crippen molar-refractivity contribution in [1.29, 1.82) is 0 Å². The zero-order valence-electron chi connectivity index (χ0n) is 15.3. The summed E-state index contributed by atoms with van der Waals surface area (Å²) in [6.45, 7) is 8.83. The first-order valence-corrected chi connectivity index (χ1v) is 8.80. The van der Waals surface area contributed by atoms with Crippen LogP contribution in [0.3, 0.4) is 0 Å². The third-order valence-electron chi connectivity index (χ3n) is 5.01. The van der Waals surface area contributed by atoms with Crippen LogP contribution in [0, 0.1) is 6.92 Å². The number of aryl methyl sites for hydroxylation is 1. The van der Waals surface area contributed by atoms with E-state index >= 15 is 0 Å². The Hall–Kier alpha value is -3.01. The molecule has 4 aromatic rings. The maximum absolute atomic E-state index is 6.19. The van der Waals surface area contributed by atoms with Gasteiger partial charge in [0.15, 0.2) is 5.65 Å². The van der Waals surface area contributed by atoms with Crippen molar-refractivity contribution < 1.29 is 4.74 Å². The summed E-state index contributed by atoms with van der Waals surface area (Å²) in [7, 11) is 0. The summed E-state index contributed by atoms with van der Waals surface area (Å²) in [4.78, 5) is 13.7. The van der Waals surface area contributed by atoms with E-state index in [4.69, 9.17) is 9.72 Å². The summed E-state index contributed by atoms with van der Waals surface area (Å²) in [5.74, 6) is 1.39. The van der Waals surface area contributed by atoms with Crippen molar-refractivity contribution in [3.63, 3.8) is 0 Å². The number of pyridine rings is 3. The van der Waals surface area contributed by atoms with Gasteiger partial charge in [0.2, 0.25) is 5.88 Å². The molecule has 0 saturated carbocycles. The number of nitrogens with zero attached hydrogens (tertiary/aromatic N) is 3. The second-order valence-electron chi connectivity index (χ2n) is 7.89. The van der Waals surface area contributed by atoms with Crippen LogP contribution in [0.15, 0.2) is 42.7 Å². The summed E-state index contributed by atoms with van der Waals surface area (Å²) in [5.41, 5.74) is 5.05. The molecule has 0 amide bonds. The van der Waals surface area contributed by atoms with Crippen molar-refractivity contribution in [1.82, 2.24) is 15.0 Å². The van der Waals surface area contributed by atoms with Crippen molar-refractivity contribution in [2.24, 2.45) is 0 Å². The van der Waals surface area contributed by atoms with Crippen LogP contribution in [0.2, 0.25) is 0 Å². The minimum Gasteiger partial charge on any atom is -0.437 e. The molecule has 0 spiro atoms. The second kappa shape index (κ2) is 5.01. The van der Waals surface area contributed by atoms with Crippen LogP contribution in [-0.4, -0.2) is 15.0 Å². The van der Waals surface area contributed by atoms with Gasteiger partial charge in [-0.2, -0.15) is 4.98 Å². The number of rotatable bonds is 0. The number of aromatic nitrogens is 3. The lowest BCUT2D eigenvalue weighted by atomic mass is 9.81. The number of ether oxygens (including phenoxy) is 1. The largest absolute Gasteiger partial charge is 0.437 e. The summed E-state index contributed by atoms with van der Waals surface area (Å²) in [6.07, 6.45) is 3.70. The van der Waals surface area contributed by atoms with E-state index in [-0.39, 0.29) is 5.41 Å². The molecule has 0 atom stereocenters. The van der Waals surface area contributed by atoms with E-state index in [1.807, 2.05) is 24.4 Å². The predicted molar refractivity (Wildman–Crippen MR) is 104 cm³/mol. The lowest BCUT2D eigenvalue weighted by Crippen LogP contribution is -2.13. The zero-order valence-corrected chi connectivity index (χ0v) is 15.3. The molecule has 128 valence electrons. The predicted octanol–water partition coefficient (Wildman–Crippen LogP) is 5.56. The highest BCUT2D eigenvalue weighted by Crippen LogP contribution is 2.48. The third-order valence-corrected chi connectivity index (χ3v) is 5.01. The molecule has 1 aliphatic heterocycles. The van der Waals surface area contributed by atoms with Crippen molar-refractivity contribution in [2.45, 2.75) is 33.1 Å². The fourth-order valence-electron chi connectivity index (χ4n) is 3.77. The Morgan fingerprint density at radius 1 is 1.00 bits per heavy atom. The Morgan fingerprint density at radius 3 is 2.65 bits per heavy atom. The number of benzene rings is 1. The van der Waals surface area contributed by atoms with Gasteiger partial charge in [-0.05, 0) is 53.1 Å². The Bertz CT molecular complexity index is 1210. The SMILES string of the molecule is Cc1cnc2c3c(ccc(C(C)(C)C)c13)Oc1nc3ncccc3cc1-2. The van der Waals surface area contributed by atoms with Crippen LogP contribution in [0.4, 0.5) is 0 Å². The molecule has 0 aliphatic carbocycles. The van der Waals surface area contributed by atoms with Crippen molar-refractivity contribution in [3.05, 3.63) is 53.9 Å². The van der Waals surface area contributed by atoms with Gasteiger partial charge in [0, 0.05) is 17.8 Å². The smallest absolute Gasteiger partial charge is 0.230 e. The normalized spacial score (nSPS) is 12.9. The number of hydrogen-bond acceptors (Lipinski definition) is 4. The van der Waals surface area contributed by atoms with Crippen LogP contribution >= 0.6 is 0 Å². The Balaban J connectivity index is 1.92. The quantitative estimate of drug-likeness (QED) is 0.370. The van der Waals surface area contributed by atoms with E-state index in [9.17, 15) is 0 Å². The minimum atomic E-state index is 0.0355. The average Bonchev–Trinajstić information content (AvgIpc) is 2.61. The fraction of sp³-hybridized carbons (Fsp3) is 0.227. The van der Waals surface area contributed by atoms with E-state index in [0.29, 0.717) is 11.5 Å². The summed E-state index contributed by atoms with van der Waals surface area (Å²) < 4.78 is 6.19. The van der Waals surface area contributed by atoms with E-state index in [1.165, 1.54) is 10.9 Å². The molecule has 26 heavy (non-hydrogen) atoms. The molecule has 4 heteroatoms. The van der Waals surface area contributed by atoms with Gasteiger partial charge in [-0.15, -0.1) is 0 Å². The van der Waals surface area contributed by atoms with Gasteiger partial charge >= 0.3 is 0 Å². The summed E-state index contributed by atoms with van der Waals surface area (Å²) in [6, 6.07) is 10.2. The average molecular weight is 341 g/mol. The highest BCUT2D eigenvalue weighted by Gasteiger charge is 2.27. The minimum absolute atomic E-state index is 0.0355. The molecule has 0 N–H and O–H groups in total. The van der Waals surface area contributed by atoms with Crippen LogP contribution in [0.1, 0.15) is 31.9 Å². The summed E-state index contributed by atoms with van der Waals surface area (Å²) >= 11 is 0. The molecule has 1 aliphatic rings. The molecule has 3 aromatic heterocycles. The lowest BCUT2D eigenvalue weighted by Gasteiger charge is -2.26. The molecule has 0 saturated heterocycles. The van der Waals surface area contributed by atoms with E-state index in [2.05, 4.69) is 49.8 Å². The van der Waals surface area contributed by atoms with Gasteiger partial charge in [-0.1, -0.05) is 26.8 Å². The molecule has 4 nitrogen and oxygen atoms in total. The zero-order chi connectivity index (χ0) is 18.1. The molecule has 0 fully saturated rings. The number of hydrogen-bond donors (Lipinski definition) is 0. The molecule has 4 heterocycles. The topological polar surface area (TPSA) is 47.9 Å². The standard InChI is InChI=1S/C22H19N3O/c1-12-11-24-19-14-10-13-6-5-9-23-20(13)25-21(14)26-16-8-7-15(22(2,3)4)17(12)18(16)19/h5-11H,1-4H3. The van der Waals surface area contributed by atoms with E-state index in [1.54, 1.807) is 6.20 Å². The van der Waals surface area contributed by atoms with Crippen molar-refractivity contribution in [3.8, 4) is 22.9 Å². The molecule has 1 aromatic carbocycles. The maximum atomic E-state index is 6.19. The van der Waals surface area contributed by atoms with E-state index in [0.717, 1.165) is 33.3 Å². The van der Waals surface area contributed by atoms with Crippen LogP contribution in [0.5, 0.6) is 11.6 Å². The van der Waals surface area contributed by atoms with Crippen molar-refractivity contribution >= 4 is 21.8 Å². The summed E-state index contributed by atoms with van der Waals surface area (Å²) in [5, 5.41) is 3.30. The van der Waals surface area contributed by atoms with Crippen LogP contribution < -0.4 is 4.74 Å². The first kappa shape index (κ1) is 15.3. The number of fused-ring (bicyclic) bond motifs is 3. The highest BCUT2D eigenvalue weighted by atomic mass is 16.5. The van der Waals surface area contributed by atoms with Gasteiger partial charge < -0.3 is 4.74 Å².